The van der Waals surface area contributed by atoms with Crippen molar-refractivity contribution in [1.82, 2.24) is 0 Å². The average molecular weight is 252 g/mol. The quantitative estimate of drug-likeness (QED) is 0.611. The Kier molecular flexibility index (Phi) is 4.99. The minimum absolute atomic E-state index is 0.118. The zero-order chi connectivity index (χ0) is 12.8. The highest BCUT2D eigenvalue weighted by Crippen LogP contribution is 2.20. The summed E-state index contributed by atoms with van der Waals surface area (Å²) >= 11 is 5.80. The van der Waals surface area contributed by atoms with Gasteiger partial charge in [-0.15, -0.1) is 11.6 Å². The number of carbonyl (C=O) groups excluding carboxylic acids is 1. The molecule has 1 aromatic carbocycles. The first-order valence-electron chi connectivity index (χ1n) is 5.37. The van der Waals surface area contributed by atoms with Crippen molar-refractivity contribution in [3.8, 4) is 6.07 Å². The maximum absolute atomic E-state index is 11.5. The molecule has 1 aromatic rings. The zero-order valence-corrected chi connectivity index (χ0v) is 10.7. The third-order valence-electron chi connectivity index (χ3n) is 2.60. The Morgan fingerprint density at radius 3 is 2.76 bits per heavy atom. The van der Waals surface area contributed by atoms with E-state index in [9.17, 15) is 4.79 Å². The number of alkyl halides is 1. The molecular formula is C13H14ClNO2. The number of ether oxygens (including phenoxy) is 1. The van der Waals surface area contributed by atoms with Crippen LogP contribution in [0.3, 0.4) is 0 Å². The summed E-state index contributed by atoms with van der Waals surface area (Å²) < 4.78 is 4.89. The van der Waals surface area contributed by atoms with Gasteiger partial charge in [0, 0.05) is 5.88 Å². The Labute approximate surface area is 106 Å². The van der Waals surface area contributed by atoms with Gasteiger partial charge in [0.25, 0.3) is 0 Å². The van der Waals surface area contributed by atoms with Gasteiger partial charge in [0.15, 0.2) is 0 Å². The standard InChI is InChI=1S/C13H14ClNO2/c1-3-17-13(16)6-12-9(2)10(7-14)4-5-11(12)8-15/h4-5H,3,6-7H2,1-2H3. The number of nitriles is 1. The summed E-state index contributed by atoms with van der Waals surface area (Å²) in [5.41, 5.74) is 3.05. The van der Waals surface area contributed by atoms with E-state index in [1.54, 1.807) is 13.0 Å². The van der Waals surface area contributed by atoms with Crippen molar-refractivity contribution >= 4 is 17.6 Å². The molecule has 0 spiro atoms. The van der Waals surface area contributed by atoms with Crippen molar-refractivity contribution in [1.29, 1.82) is 5.26 Å². The molecule has 0 aliphatic heterocycles. The van der Waals surface area contributed by atoms with E-state index in [1.807, 2.05) is 13.0 Å². The normalized spacial score (nSPS) is 9.76. The van der Waals surface area contributed by atoms with E-state index in [1.165, 1.54) is 0 Å². The number of nitrogens with zero attached hydrogens (tertiary/aromatic N) is 1. The number of hydrogen-bond acceptors (Lipinski definition) is 3. The third-order valence-corrected chi connectivity index (χ3v) is 2.89. The van der Waals surface area contributed by atoms with E-state index >= 15 is 0 Å². The van der Waals surface area contributed by atoms with Gasteiger partial charge < -0.3 is 4.74 Å². The van der Waals surface area contributed by atoms with Crippen molar-refractivity contribution in [2.24, 2.45) is 0 Å². The van der Waals surface area contributed by atoms with Crippen LogP contribution in [0, 0.1) is 18.3 Å². The van der Waals surface area contributed by atoms with Crippen molar-refractivity contribution in [3.63, 3.8) is 0 Å². The average Bonchev–Trinajstić information content (AvgIpc) is 2.32. The monoisotopic (exact) mass is 251 g/mol. The fourth-order valence-electron chi connectivity index (χ4n) is 1.64. The van der Waals surface area contributed by atoms with Crippen molar-refractivity contribution in [2.75, 3.05) is 6.61 Å². The molecule has 0 bridgehead atoms. The lowest BCUT2D eigenvalue weighted by molar-refractivity contribution is -0.142. The van der Waals surface area contributed by atoms with Crippen LogP contribution >= 0.6 is 11.6 Å². The number of hydrogen-bond donors (Lipinski definition) is 0. The molecule has 0 N–H and O–H groups in total. The largest absolute Gasteiger partial charge is 0.466 e. The van der Waals surface area contributed by atoms with Crippen LogP contribution in [0.5, 0.6) is 0 Å². The zero-order valence-electron chi connectivity index (χ0n) is 9.92. The van der Waals surface area contributed by atoms with E-state index in [4.69, 9.17) is 21.6 Å². The van der Waals surface area contributed by atoms with Gasteiger partial charge in [0.2, 0.25) is 0 Å². The first-order valence-corrected chi connectivity index (χ1v) is 5.90. The highest BCUT2D eigenvalue weighted by molar-refractivity contribution is 6.17. The van der Waals surface area contributed by atoms with Crippen LogP contribution in [0.2, 0.25) is 0 Å². The maximum atomic E-state index is 11.5. The Hall–Kier alpha value is -1.53. The summed E-state index contributed by atoms with van der Waals surface area (Å²) in [5, 5.41) is 9.01. The summed E-state index contributed by atoms with van der Waals surface area (Å²) in [7, 11) is 0. The summed E-state index contributed by atoms with van der Waals surface area (Å²) in [5.74, 6) is 0.0479. The smallest absolute Gasteiger partial charge is 0.310 e. The molecule has 0 saturated carbocycles. The number of rotatable bonds is 4. The van der Waals surface area contributed by atoms with Crippen molar-refractivity contribution in [3.05, 3.63) is 34.4 Å². The Bertz CT molecular complexity index is 463. The minimum atomic E-state index is -0.321. The molecule has 0 saturated heterocycles. The van der Waals surface area contributed by atoms with Gasteiger partial charge in [-0.1, -0.05) is 6.07 Å². The predicted octanol–water partition coefficient (Wildman–Crippen LogP) is 2.71. The second-order valence-corrected chi connectivity index (χ2v) is 3.87. The van der Waals surface area contributed by atoms with Crippen LogP contribution in [0.4, 0.5) is 0 Å². The second kappa shape index (κ2) is 6.27. The van der Waals surface area contributed by atoms with Gasteiger partial charge in [-0.2, -0.15) is 5.26 Å². The molecule has 0 amide bonds. The summed E-state index contributed by atoms with van der Waals surface area (Å²) in [6, 6.07) is 5.59. The van der Waals surface area contributed by atoms with Crippen LogP contribution in [0.1, 0.15) is 29.2 Å². The van der Waals surface area contributed by atoms with Gasteiger partial charge in [0.1, 0.15) is 0 Å². The SMILES string of the molecule is CCOC(=O)Cc1c(C#N)ccc(CCl)c1C. The third kappa shape index (κ3) is 3.21. The lowest BCUT2D eigenvalue weighted by atomic mass is 9.96. The molecule has 0 heterocycles. The molecule has 0 atom stereocenters. The molecule has 90 valence electrons. The second-order valence-electron chi connectivity index (χ2n) is 3.60. The molecule has 0 aliphatic carbocycles. The van der Waals surface area contributed by atoms with E-state index in [2.05, 4.69) is 6.07 Å². The molecule has 3 nitrogen and oxygen atoms in total. The van der Waals surface area contributed by atoms with Crippen LogP contribution < -0.4 is 0 Å². The first kappa shape index (κ1) is 13.5. The van der Waals surface area contributed by atoms with E-state index < -0.39 is 0 Å². The first-order chi connectivity index (χ1) is 8.13. The Morgan fingerprint density at radius 2 is 2.24 bits per heavy atom. The molecule has 0 radical (unpaired) electrons. The van der Waals surface area contributed by atoms with Crippen LogP contribution in [0.25, 0.3) is 0 Å². The topological polar surface area (TPSA) is 50.1 Å². The highest BCUT2D eigenvalue weighted by Gasteiger charge is 2.13. The van der Waals surface area contributed by atoms with Crippen molar-refractivity contribution < 1.29 is 9.53 Å². The van der Waals surface area contributed by atoms with E-state index in [0.717, 1.165) is 11.1 Å². The number of esters is 1. The van der Waals surface area contributed by atoms with E-state index in [-0.39, 0.29) is 12.4 Å². The van der Waals surface area contributed by atoms with Gasteiger partial charge in [0.05, 0.1) is 24.7 Å². The lowest BCUT2D eigenvalue weighted by Gasteiger charge is -2.11. The Morgan fingerprint density at radius 1 is 1.53 bits per heavy atom. The fraction of sp³-hybridized carbons (Fsp3) is 0.385. The maximum Gasteiger partial charge on any atom is 0.310 e. The lowest BCUT2D eigenvalue weighted by Crippen LogP contribution is -2.10. The van der Waals surface area contributed by atoms with Crippen LogP contribution in [-0.2, 0) is 21.8 Å². The number of benzene rings is 1. The molecule has 0 unspecified atom stereocenters. The highest BCUT2D eigenvalue weighted by atomic mass is 35.5. The minimum Gasteiger partial charge on any atom is -0.466 e. The molecule has 0 fully saturated rings. The van der Waals surface area contributed by atoms with Gasteiger partial charge in [-0.3, -0.25) is 4.79 Å². The van der Waals surface area contributed by atoms with Crippen LogP contribution in [0.15, 0.2) is 12.1 Å². The summed E-state index contributed by atoms with van der Waals surface area (Å²) in [4.78, 5) is 11.5. The van der Waals surface area contributed by atoms with Crippen molar-refractivity contribution in [2.45, 2.75) is 26.1 Å². The number of carbonyl (C=O) groups is 1. The Balaban J connectivity index is 3.11. The van der Waals surface area contributed by atoms with E-state index in [0.29, 0.717) is 23.6 Å². The number of halogens is 1. The predicted molar refractivity (Wildman–Crippen MR) is 65.8 cm³/mol. The van der Waals surface area contributed by atoms with Gasteiger partial charge in [-0.25, -0.2) is 0 Å². The summed E-state index contributed by atoms with van der Waals surface area (Å²) in [6.45, 7) is 3.97. The summed E-state index contributed by atoms with van der Waals surface area (Å²) in [6.07, 6.45) is 0.118. The van der Waals surface area contributed by atoms with Gasteiger partial charge >= 0.3 is 5.97 Å². The molecule has 0 aromatic heterocycles. The molecule has 17 heavy (non-hydrogen) atoms. The molecule has 4 heteroatoms. The molecular weight excluding hydrogens is 238 g/mol. The van der Waals surface area contributed by atoms with Crippen LogP contribution in [-0.4, -0.2) is 12.6 Å². The molecule has 0 aliphatic rings. The fourth-order valence-corrected chi connectivity index (χ4v) is 1.93. The molecule has 1 rings (SSSR count). The van der Waals surface area contributed by atoms with Gasteiger partial charge in [-0.05, 0) is 36.6 Å².